The highest BCUT2D eigenvalue weighted by molar-refractivity contribution is 5.90. The number of carbonyl (C=O) groups excluding carboxylic acids is 1. The van der Waals surface area contributed by atoms with E-state index in [1.54, 1.807) is 24.3 Å². The topological polar surface area (TPSA) is 67.8 Å². The Morgan fingerprint density at radius 1 is 1.20 bits per heavy atom. The molecule has 5 heteroatoms. The summed E-state index contributed by atoms with van der Waals surface area (Å²) < 4.78 is 10.6. The zero-order chi connectivity index (χ0) is 14.6. The minimum absolute atomic E-state index is 0.0173. The van der Waals surface area contributed by atoms with Crippen LogP contribution in [0.5, 0.6) is 5.75 Å². The molecule has 2 N–H and O–H groups in total. The predicted molar refractivity (Wildman–Crippen MR) is 78.0 cm³/mol. The van der Waals surface area contributed by atoms with Gasteiger partial charge in [-0.15, -0.1) is 0 Å². The van der Waals surface area contributed by atoms with Crippen LogP contribution in [0.3, 0.4) is 0 Å². The highest BCUT2D eigenvalue weighted by atomic mass is 16.5. The Morgan fingerprint density at radius 3 is 2.60 bits per heavy atom. The smallest absolute Gasteiger partial charge is 0.226 e. The summed E-state index contributed by atoms with van der Waals surface area (Å²) in [4.78, 5) is 11.6. The molecule has 0 unspecified atom stereocenters. The molecule has 1 aromatic carbocycles. The summed E-state index contributed by atoms with van der Waals surface area (Å²) in [5.74, 6) is 0.602. The van der Waals surface area contributed by atoms with E-state index in [1.165, 1.54) is 0 Å². The van der Waals surface area contributed by atoms with Crippen molar-refractivity contribution in [3.8, 4) is 5.75 Å². The second-order valence-corrected chi connectivity index (χ2v) is 4.36. The highest BCUT2D eigenvalue weighted by Gasteiger charge is 2.02. The highest BCUT2D eigenvalue weighted by Crippen LogP contribution is 2.15. The first-order chi connectivity index (χ1) is 9.76. The maximum Gasteiger partial charge on any atom is 0.226 e. The second-order valence-electron chi connectivity index (χ2n) is 4.36. The predicted octanol–water partition coefficient (Wildman–Crippen LogP) is 2.20. The number of nitrogens with one attached hydrogen (secondary N) is 1. The van der Waals surface area contributed by atoms with Crippen molar-refractivity contribution >= 4 is 11.6 Å². The van der Waals surface area contributed by atoms with Gasteiger partial charge >= 0.3 is 0 Å². The van der Waals surface area contributed by atoms with Gasteiger partial charge in [-0.3, -0.25) is 4.79 Å². The minimum Gasteiger partial charge on any atom is -0.491 e. The monoisotopic (exact) mass is 281 g/mol. The van der Waals surface area contributed by atoms with Gasteiger partial charge in [-0.1, -0.05) is 13.3 Å². The van der Waals surface area contributed by atoms with Gasteiger partial charge in [0.2, 0.25) is 5.91 Å². The fraction of sp³-hybridized carbons (Fsp3) is 0.533. The average Bonchev–Trinajstić information content (AvgIpc) is 2.46. The van der Waals surface area contributed by atoms with E-state index in [9.17, 15) is 4.79 Å². The van der Waals surface area contributed by atoms with Gasteiger partial charge < -0.3 is 19.9 Å². The molecule has 0 heterocycles. The number of unbranched alkanes of at least 4 members (excludes halogenated alkanes) is 1. The zero-order valence-electron chi connectivity index (χ0n) is 11.9. The molecular weight excluding hydrogens is 258 g/mol. The molecule has 0 aromatic heterocycles. The number of amides is 1. The van der Waals surface area contributed by atoms with Crippen molar-refractivity contribution in [3.05, 3.63) is 24.3 Å². The van der Waals surface area contributed by atoms with Crippen molar-refractivity contribution < 1.29 is 19.4 Å². The van der Waals surface area contributed by atoms with Crippen molar-refractivity contribution in [1.29, 1.82) is 0 Å². The molecule has 0 saturated carbocycles. The van der Waals surface area contributed by atoms with E-state index < -0.39 is 0 Å². The summed E-state index contributed by atoms with van der Waals surface area (Å²) >= 11 is 0. The molecule has 5 nitrogen and oxygen atoms in total. The van der Waals surface area contributed by atoms with Gasteiger partial charge in [0.05, 0.1) is 19.6 Å². The maximum atomic E-state index is 11.6. The van der Waals surface area contributed by atoms with Crippen LogP contribution in [0.25, 0.3) is 0 Å². The van der Waals surface area contributed by atoms with Gasteiger partial charge in [-0.2, -0.15) is 0 Å². The molecule has 1 aromatic rings. The number of anilines is 1. The maximum absolute atomic E-state index is 11.6. The Kier molecular flexibility index (Phi) is 8.42. The number of benzene rings is 1. The van der Waals surface area contributed by atoms with Crippen molar-refractivity contribution in [3.63, 3.8) is 0 Å². The van der Waals surface area contributed by atoms with E-state index in [4.69, 9.17) is 14.6 Å². The number of carbonyl (C=O) groups is 1. The Bertz CT molecular complexity index is 378. The minimum atomic E-state index is -0.0643. The zero-order valence-corrected chi connectivity index (χ0v) is 11.9. The number of hydrogen-bond donors (Lipinski definition) is 2. The fourth-order valence-corrected chi connectivity index (χ4v) is 1.53. The normalized spacial score (nSPS) is 10.3. The molecule has 20 heavy (non-hydrogen) atoms. The molecule has 0 aliphatic carbocycles. The molecule has 0 atom stereocenters. The summed E-state index contributed by atoms with van der Waals surface area (Å²) in [5.41, 5.74) is 0.722. The number of rotatable bonds is 10. The Labute approximate surface area is 119 Å². The third kappa shape index (κ3) is 7.11. The van der Waals surface area contributed by atoms with Gasteiger partial charge in [0.1, 0.15) is 12.4 Å². The van der Waals surface area contributed by atoms with Crippen LogP contribution in [0, 0.1) is 0 Å². The Balaban J connectivity index is 2.24. The lowest BCUT2D eigenvalue weighted by Crippen LogP contribution is -2.14. The lowest BCUT2D eigenvalue weighted by molar-refractivity contribution is -0.117. The van der Waals surface area contributed by atoms with E-state index in [2.05, 4.69) is 12.2 Å². The van der Waals surface area contributed by atoms with Crippen molar-refractivity contribution in [2.24, 2.45) is 0 Å². The first-order valence-electron chi connectivity index (χ1n) is 6.97. The van der Waals surface area contributed by atoms with E-state index in [0.717, 1.165) is 18.5 Å². The molecular formula is C15H23NO4. The summed E-state index contributed by atoms with van der Waals surface area (Å²) in [6.07, 6.45) is 2.47. The quantitative estimate of drug-likeness (QED) is 0.645. The third-order valence-electron chi connectivity index (χ3n) is 2.61. The summed E-state index contributed by atoms with van der Waals surface area (Å²) in [7, 11) is 0. The molecule has 0 fully saturated rings. The number of aliphatic hydroxyl groups is 1. The number of hydrogen-bond acceptors (Lipinski definition) is 4. The van der Waals surface area contributed by atoms with Crippen LogP contribution in [0.15, 0.2) is 24.3 Å². The van der Waals surface area contributed by atoms with Crippen LogP contribution >= 0.6 is 0 Å². The van der Waals surface area contributed by atoms with E-state index in [1.807, 2.05) is 0 Å². The van der Waals surface area contributed by atoms with E-state index >= 15 is 0 Å². The van der Waals surface area contributed by atoms with Gasteiger partial charge in [0.25, 0.3) is 0 Å². The van der Waals surface area contributed by atoms with Gasteiger partial charge in [-0.25, -0.2) is 0 Å². The average molecular weight is 281 g/mol. The molecule has 112 valence electrons. The molecule has 1 amide bonds. The standard InChI is InChI=1S/C15H23NO4/c1-2-3-10-19-11-8-15(18)16-13-4-6-14(7-5-13)20-12-9-17/h4-7,17H,2-3,8-12H2,1H3,(H,16,18). The SMILES string of the molecule is CCCCOCCC(=O)Nc1ccc(OCCO)cc1. The molecule has 1 rings (SSSR count). The van der Waals surface area contributed by atoms with Crippen molar-refractivity contribution in [1.82, 2.24) is 0 Å². The van der Waals surface area contributed by atoms with Crippen LogP contribution < -0.4 is 10.1 Å². The second kappa shape index (κ2) is 10.2. The van der Waals surface area contributed by atoms with Crippen LogP contribution in [-0.4, -0.2) is 37.4 Å². The first-order valence-corrected chi connectivity index (χ1v) is 6.97. The molecule has 0 spiro atoms. The lowest BCUT2D eigenvalue weighted by atomic mass is 10.3. The van der Waals surface area contributed by atoms with Crippen molar-refractivity contribution in [2.45, 2.75) is 26.2 Å². The molecule has 0 aliphatic rings. The Hall–Kier alpha value is -1.59. The summed E-state index contributed by atoms with van der Waals surface area (Å²) in [6.45, 7) is 3.51. The summed E-state index contributed by atoms with van der Waals surface area (Å²) in [6, 6.07) is 7.04. The van der Waals surface area contributed by atoms with E-state index in [-0.39, 0.29) is 19.1 Å². The molecule has 0 bridgehead atoms. The number of ether oxygens (including phenoxy) is 2. The van der Waals surface area contributed by atoms with Crippen molar-refractivity contribution in [2.75, 3.05) is 31.7 Å². The van der Waals surface area contributed by atoms with E-state index in [0.29, 0.717) is 25.4 Å². The van der Waals surface area contributed by atoms with Gasteiger partial charge in [-0.05, 0) is 30.7 Å². The molecule has 0 aliphatic heterocycles. The number of aliphatic hydroxyl groups excluding tert-OH is 1. The van der Waals surface area contributed by atoms with Crippen LogP contribution in [0.1, 0.15) is 26.2 Å². The summed E-state index contributed by atoms with van der Waals surface area (Å²) in [5, 5.41) is 11.4. The fourth-order valence-electron chi connectivity index (χ4n) is 1.53. The van der Waals surface area contributed by atoms with Crippen LogP contribution in [0.4, 0.5) is 5.69 Å². The largest absolute Gasteiger partial charge is 0.491 e. The lowest BCUT2D eigenvalue weighted by Gasteiger charge is -2.08. The van der Waals surface area contributed by atoms with Crippen LogP contribution in [-0.2, 0) is 9.53 Å². The van der Waals surface area contributed by atoms with Gasteiger partial charge in [0.15, 0.2) is 0 Å². The van der Waals surface area contributed by atoms with Crippen LogP contribution in [0.2, 0.25) is 0 Å². The molecule has 0 radical (unpaired) electrons. The molecule has 0 saturated heterocycles. The Morgan fingerprint density at radius 2 is 1.95 bits per heavy atom. The van der Waals surface area contributed by atoms with Gasteiger partial charge in [0, 0.05) is 12.3 Å². The first kappa shape index (κ1) is 16.5. The third-order valence-corrected chi connectivity index (χ3v) is 2.61.